The van der Waals surface area contributed by atoms with E-state index in [0.717, 1.165) is 42.5 Å². The molecule has 0 spiro atoms. The van der Waals surface area contributed by atoms with Crippen molar-refractivity contribution in [2.24, 2.45) is 0 Å². The van der Waals surface area contributed by atoms with Crippen molar-refractivity contribution in [3.63, 3.8) is 0 Å². The van der Waals surface area contributed by atoms with Gasteiger partial charge in [-0.1, -0.05) is 18.1 Å². The zero-order valence-corrected chi connectivity index (χ0v) is 29.1. The van der Waals surface area contributed by atoms with Crippen LogP contribution in [0.1, 0.15) is 51.7 Å². The van der Waals surface area contributed by atoms with Gasteiger partial charge in [0.15, 0.2) is 5.65 Å². The van der Waals surface area contributed by atoms with Crippen molar-refractivity contribution in [1.29, 1.82) is 0 Å². The topological polar surface area (TPSA) is 92.0 Å². The van der Waals surface area contributed by atoms with Gasteiger partial charge in [-0.2, -0.15) is 18.3 Å². The summed E-state index contributed by atoms with van der Waals surface area (Å²) in [6.45, 7) is 7.71. The number of piperazine rings is 1. The number of nitrogens with one attached hydrogen (secondary N) is 2. The lowest BCUT2D eigenvalue weighted by molar-refractivity contribution is -0.138. The largest absolute Gasteiger partial charge is 0.416 e. The van der Waals surface area contributed by atoms with Crippen LogP contribution in [0.4, 0.5) is 30.2 Å². The summed E-state index contributed by atoms with van der Waals surface area (Å²) in [6, 6.07) is 13.1. The Hall–Kier alpha value is -5.16. The third-order valence-electron chi connectivity index (χ3n) is 9.12. The van der Waals surface area contributed by atoms with Crippen molar-refractivity contribution in [2.45, 2.75) is 45.6 Å². The van der Waals surface area contributed by atoms with Gasteiger partial charge in [-0.25, -0.2) is 4.98 Å². The number of rotatable bonds is 10. The average Bonchev–Trinajstić information content (AvgIpc) is 3.73. The van der Waals surface area contributed by atoms with E-state index < -0.39 is 17.6 Å². The summed E-state index contributed by atoms with van der Waals surface area (Å²) in [7, 11) is 3.69. The molecule has 5 aromatic rings. The molecular weight excluding hydrogens is 657 g/mol. The molecule has 6 rings (SSSR count). The van der Waals surface area contributed by atoms with Crippen molar-refractivity contribution in [3.05, 3.63) is 107 Å². The number of carbonyl (C=O) groups excluding carboxylic acids is 1. The van der Waals surface area contributed by atoms with Gasteiger partial charge in [0.2, 0.25) is 0 Å². The van der Waals surface area contributed by atoms with Gasteiger partial charge in [0.25, 0.3) is 5.91 Å². The Balaban J connectivity index is 1.17. The Morgan fingerprint density at radius 2 is 1.92 bits per heavy atom. The van der Waals surface area contributed by atoms with E-state index in [0.29, 0.717) is 36.6 Å². The van der Waals surface area contributed by atoms with Crippen LogP contribution < -0.4 is 10.6 Å². The quantitative estimate of drug-likeness (QED) is 0.128. The summed E-state index contributed by atoms with van der Waals surface area (Å²) < 4.78 is 51.4. The molecule has 0 bridgehead atoms. The number of aromatic nitrogens is 4. The number of benzene rings is 2. The Morgan fingerprint density at radius 1 is 1.08 bits per heavy atom. The molecule has 51 heavy (non-hydrogen) atoms. The summed E-state index contributed by atoms with van der Waals surface area (Å²) in [5.41, 5.74) is 4.18. The molecule has 2 aromatic carbocycles. The maximum absolute atomic E-state index is 14.2. The molecular formula is C38H41F3N8O2. The van der Waals surface area contributed by atoms with E-state index in [1.54, 1.807) is 37.7 Å². The number of carbonyl (C=O) groups is 1. The fraction of sp³-hybridized carbons (Fsp3) is 0.342. The number of pyridine rings is 1. The summed E-state index contributed by atoms with van der Waals surface area (Å²) >= 11 is 0. The monoisotopic (exact) mass is 698 g/mol. The number of ether oxygens (including phenoxy) is 1. The van der Waals surface area contributed by atoms with Gasteiger partial charge in [-0.05, 0) is 80.8 Å². The standard InChI is InChI=1S/C38H41F3N8O2/c1-26-8-9-29(37(50)45-31-12-10-30(34(20-31)38(39,40)41)24-47-17-16-46(3)27(2)23-47)19-28(26)11-13-33-22-42-36-35(7-5-15-49(33)36)44-32-21-43-48(25-32)14-6-18-51-4/h5,7-10,12,15,19-22,25,27,44H,6,14,16-18,23-24H2,1-4H3,(H,45,50)/t27-/m1/s1. The first-order valence-electron chi connectivity index (χ1n) is 16.8. The molecule has 4 heterocycles. The molecule has 2 N–H and O–H groups in total. The van der Waals surface area contributed by atoms with E-state index in [9.17, 15) is 18.0 Å². The molecule has 0 unspecified atom stereocenters. The number of hydrogen-bond acceptors (Lipinski definition) is 7. The molecule has 3 aromatic heterocycles. The van der Waals surface area contributed by atoms with Gasteiger partial charge in [-0.15, -0.1) is 0 Å². The summed E-state index contributed by atoms with van der Waals surface area (Å²) in [5, 5.41) is 10.4. The van der Waals surface area contributed by atoms with Gasteiger partial charge < -0.3 is 20.3 Å². The number of alkyl halides is 3. The van der Waals surface area contributed by atoms with E-state index in [1.165, 1.54) is 12.1 Å². The number of nitrogens with zero attached hydrogens (tertiary/aromatic N) is 6. The number of amides is 1. The third-order valence-corrected chi connectivity index (χ3v) is 9.12. The number of aryl methyl sites for hydroxylation is 2. The molecule has 1 saturated heterocycles. The molecule has 10 nitrogen and oxygen atoms in total. The van der Waals surface area contributed by atoms with E-state index >= 15 is 0 Å². The number of anilines is 3. The number of imidazole rings is 1. The van der Waals surface area contributed by atoms with Gasteiger partial charge >= 0.3 is 6.18 Å². The lowest BCUT2D eigenvalue weighted by Gasteiger charge is -2.38. The normalized spacial score (nSPS) is 15.5. The highest BCUT2D eigenvalue weighted by Crippen LogP contribution is 2.35. The lowest BCUT2D eigenvalue weighted by Crippen LogP contribution is -2.49. The van der Waals surface area contributed by atoms with E-state index in [4.69, 9.17) is 4.74 Å². The highest BCUT2D eigenvalue weighted by atomic mass is 19.4. The smallest absolute Gasteiger partial charge is 0.385 e. The molecule has 266 valence electrons. The molecule has 0 saturated carbocycles. The Kier molecular flexibility index (Phi) is 10.8. The minimum atomic E-state index is -4.57. The van der Waals surface area contributed by atoms with Crippen molar-refractivity contribution in [1.82, 2.24) is 29.0 Å². The predicted octanol–water partition coefficient (Wildman–Crippen LogP) is 6.43. The number of hydrogen-bond donors (Lipinski definition) is 2. The van der Waals surface area contributed by atoms with Gasteiger partial charge in [-0.3, -0.25) is 18.8 Å². The van der Waals surface area contributed by atoms with Gasteiger partial charge in [0.1, 0.15) is 5.69 Å². The summed E-state index contributed by atoms with van der Waals surface area (Å²) in [4.78, 5) is 22.1. The minimum Gasteiger partial charge on any atom is -0.385 e. The molecule has 1 aliphatic heterocycles. The molecule has 0 aliphatic carbocycles. The van der Waals surface area contributed by atoms with Crippen LogP contribution in [0.2, 0.25) is 0 Å². The van der Waals surface area contributed by atoms with Gasteiger partial charge in [0.05, 0.1) is 29.3 Å². The average molecular weight is 699 g/mol. The maximum Gasteiger partial charge on any atom is 0.416 e. The van der Waals surface area contributed by atoms with Crippen LogP contribution in [-0.2, 0) is 24.0 Å². The van der Waals surface area contributed by atoms with Crippen LogP contribution in [0.3, 0.4) is 0 Å². The second kappa shape index (κ2) is 15.4. The number of fused-ring (bicyclic) bond motifs is 1. The van der Waals surface area contributed by atoms with Crippen LogP contribution in [0.25, 0.3) is 5.65 Å². The molecule has 0 radical (unpaired) electrons. The van der Waals surface area contributed by atoms with Crippen LogP contribution >= 0.6 is 0 Å². The summed E-state index contributed by atoms with van der Waals surface area (Å²) in [5.74, 6) is 5.79. The number of likely N-dealkylation sites (N-methyl/N-ethyl adjacent to an activating group) is 1. The highest BCUT2D eigenvalue weighted by molar-refractivity contribution is 6.04. The molecule has 1 atom stereocenters. The maximum atomic E-state index is 14.2. The lowest BCUT2D eigenvalue weighted by atomic mass is 10.0. The minimum absolute atomic E-state index is 0.0737. The van der Waals surface area contributed by atoms with Crippen molar-refractivity contribution in [3.8, 4) is 11.8 Å². The molecule has 1 fully saturated rings. The first-order valence-corrected chi connectivity index (χ1v) is 16.8. The Labute approximate surface area is 295 Å². The number of halogens is 3. The predicted molar refractivity (Wildman–Crippen MR) is 191 cm³/mol. The van der Waals surface area contributed by atoms with Crippen molar-refractivity contribution < 1.29 is 22.7 Å². The zero-order chi connectivity index (χ0) is 36.1. The fourth-order valence-electron chi connectivity index (χ4n) is 6.07. The van der Waals surface area contributed by atoms with E-state index in [-0.39, 0.29) is 29.4 Å². The van der Waals surface area contributed by atoms with Crippen molar-refractivity contribution >= 4 is 28.6 Å². The van der Waals surface area contributed by atoms with E-state index in [2.05, 4.69) is 44.4 Å². The van der Waals surface area contributed by atoms with Crippen LogP contribution in [0.15, 0.2) is 73.3 Å². The summed E-state index contributed by atoms with van der Waals surface area (Å²) in [6.07, 6.45) is 3.52. The van der Waals surface area contributed by atoms with E-state index in [1.807, 2.05) is 52.5 Å². The third kappa shape index (κ3) is 8.60. The van der Waals surface area contributed by atoms with Crippen molar-refractivity contribution in [2.75, 3.05) is 51.0 Å². The van der Waals surface area contributed by atoms with Crippen LogP contribution in [0, 0.1) is 18.8 Å². The molecule has 13 heteroatoms. The first kappa shape index (κ1) is 35.7. The SMILES string of the molecule is COCCCn1cc(Nc2cccn3c(C#Cc4cc(C(=O)Nc5ccc(CN6CCN(C)[C@H](C)C6)c(C(F)(F)F)c5)ccc4C)cnc23)cn1. The van der Waals surface area contributed by atoms with Crippen LogP contribution in [-0.4, -0.2) is 81.3 Å². The number of methoxy groups -OCH3 is 1. The molecule has 1 aliphatic rings. The Morgan fingerprint density at radius 3 is 2.71 bits per heavy atom. The highest BCUT2D eigenvalue weighted by Gasteiger charge is 2.34. The zero-order valence-electron chi connectivity index (χ0n) is 29.1. The second-order valence-electron chi connectivity index (χ2n) is 12.9. The second-order valence-corrected chi connectivity index (χ2v) is 12.9. The first-order chi connectivity index (χ1) is 24.5. The van der Waals surface area contributed by atoms with Gasteiger partial charge in [0, 0.05) is 81.7 Å². The molecule has 1 amide bonds. The van der Waals surface area contributed by atoms with Crippen LogP contribution in [0.5, 0.6) is 0 Å². The fourth-order valence-corrected chi connectivity index (χ4v) is 6.07. The Bertz CT molecular complexity index is 2080.